The van der Waals surface area contributed by atoms with E-state index in [0.717, 1.165) is 5.69 Å². The van der Waals surface area contributed by atoms with E-state index in [-0.39, 0.29) is 5.91 Å². The Morgan fingerprint density at radius 2 is 2.28 bits per heavy atom. The molecule has 1 aromatic rings. The molecule has 1 aromatic carbocycles. The van der Waals surface area contributed by atoms with Crippen molar-refractivity contribution < 1.29 is 9.53 Å². The van der Waals surface area contributed by atoms with Crippen LogP contribution in [-0.4, -0.2) is 26.1 Å². The first-order valence-electron chi connectivity index (χ1n) is 5.80. The number of hydrogen-bond acceptors (Lipinski definition) is 4. The molecule has 0 aliphatic carbocycles. The van der Waals surface area contributed by atoms with Gasteiger partial charge in [-0.3, -0.25) is 4.79 Å². The van der Waals surface area contributed by atoms with Gasteiger partial charge in [-0.05, 0) is 19.1 Å². The Morgan fingerprint density at radius 1 is 1.50 bits per heavy atom. The Balaban J connectivity index is 2.57. The van der Waals surface area contributed by atoms with Gasteiger partial charge in [0.2, 0.25) is 5.91 Å². The summed E-state index contributed by atoms with van der Waals surface area (Å²) in [5, 5.41) is 14.6. The number of amides is 1. The zero-order valence-corrected chi connectivity index (χ0v) is 10.6. The van der Waals surface area contributed by atoms with E-state index in [4.69, 9.17) is 10.00 Å². The third-order valence-electron chi connectivity index (χ3n) is 2.37. The summed E-state index contributed by atoms with van der Waals surface area (Å²) in [6.45, 7) is 3.04. The molecule has 0 unspecified atom stereocenters. The fourth-order valence-electron chi connectivity index (χ4n) is 1.50. The van der Waals surface area contributed by atoms with Crippen LogP contribution in [0.5, 0.6) is 5.75 Å². The number of carbonyl (C=O) groups excluding carboxylic acids is 1. The van der Waals surface area contributed by atoms with Crippen LogP contribution >= 0.6 is 0 Å². The quantitative estimate of drug-likeness (QED) is 0.799. The largest absolute Gasteiger partial charge is 0.495 e. The first kappa shape index (κ1) is 13.8. The number of methoxy groups -OCH3 is 1. The van der Waals surface area contributed by atoms with Crippen molar-refractivity contribution in [2.75, 3.05) is 25.5 Å². The van der Waals surface area contributed by atoms with E-state index < -0.39 is 0 Å². The lowest BCUT2D eigenvalue weighted by Crippen LogP contribution is -2.24. The van der Waals surface area contributed by atoms with Gasteiger partial charge in [0.25, 0.3) is 0 Å². The molecule has 0 fully saturated rings. The van der Waals surface area contributed by atoms with Crippen molar-refractivity contribution >= 4 is 11.6 Å². The summed E-state index contributed by atoms with van der Waals surface area (Å²) in [7, 11) is 1.55. The average molecular weight is 247 g/mol. The lowest BCUT2D eigenvalue weighted by molar-refractivity contribution is -0.120. The maximum absolute atomic E-state index is 11.3. The molecule has 0 atom stereocenters. The number of nitrogens with zero attached hydrogens (tertiary/aromatic N) is 1. The van der Waals surface area contributed by atoms with Crippen LogP contribution < -0.4 is 15.4 Å². The number of rotatable bonds is 6. The molecular formula is C13H17N3O2. The molecule has 0 aromatic heterocycles. The van der Waals surface area contributed by atoms with Gasteiger partial charge in [-0.2, -0.15) is 5.26 Å². The molecule has 1 rings (SSSR count). The van der Waals surface area contributed by atoms with Crippen molar-refractivity contribution in [2.45, 2.75) is 13.3 Å². The maximum Gasteiger partial charge on any atom is 0.221 e. The first-order chi connectivity index (χ1) is 8.71. The molecule has 0 saturated heterocycles. The summed E-state index contributed by atoms with van der Waals surface area (Å²) in [4.78, 5) is 11.3. The monoisotopic (exact) mass is 247 g/mol. The normalized spacial score (nSPS) is 9.39. The lowest BCUT2D eigenvalue weighted by atomic mass is 10.2. The maximum atomic E-state index is 11.3. The highest BCUT2D eigenvalue weighted by Crippen LogP contribution is 2.25. The topological polar surface area (TPSA) is 74.2 Å². The summed E-state index contributed by atoms with van der Waals surface area (Å²) >= 11 is 0. The molecule has 0 heterocycles. The van der Waals surface area contributed by atoms with Crippen molar-refractivity contribution in [3.63, 3.8) is 0 Å². The van der Waals surface area contributed by atoms with E-state index in [9.17, 15) is 4.79 Å². The minimum atomic E-state index is 0.0117. The molecule has 5 nitrogen and oxygen atoms in total. The average Bonchev–Trinajstić information content (AvgIpc) is 2.39. The second-order valence-electron chi connectivity index (χ2n) is 3.66. The number of nitrogens with one attached hydrogen (secondary N) is 2. The van der Waals surface area contributed by atoms with Gasteiger partial charge >= 0.3 is 0 Å². The van der Waals surface area contributed by atoms with E-state index in [1.165, 1.54) is 0 Å². The highest BCUT2D eigenvalue weighted by Gasteiger charge is 2.05. The van der Waals surface area contributed by atoms with Crippen LogP contribution in [0.25, 0.3) is 0 Å². The Bertz CT molecular complexity index is 452. The molecule has 1 amide bonds. The minimum absolute atomic E-state index is 0.0117. The molecule has 0 bridgehead atoms. The predicted molar refractivity (Wildman–Crippen MR) is 69.5 cm³/mol. The molecule has 2 N–H and O–H groups in total. The van der Waals surface area contributed by atoms with Crippen LogP contribution in [0.2, 0.25) is 0 Å². The molecule has 0 aliphatic rings. The third-order valence-corrected chi connectivity index (χ3v) is 2.37. The van der Waals surface area contributed by atoms with Gasteiger partial charge in [-0.1, -0.05) is 0 Å². The summed E-state index contributed by atoms with van der Waals surface area (Å²) in [5.41, 5.74) is 1.32. The van der Waals surface area contributed by atoms with Crippen LogP contribution in [0, 0.1) is 11.3 Å². The summed E-state index contributed by atoms with van der Waals surface area (Å²) in [6, 6.07) is 7.19. The summed E-state index contributed by atoms with van der Waals surface area (Å²) < 4.78 is 5.18. The second kappa shape index (κ2) is 7.17. The Labute approximate surface area is 107 Å². The van der Waals surface area contributed by atoms with Crippen molar-refractivity contribution in [3.8, 4) is 11.8 Å². The number of ether oxygens (including phenoxy) is 1. The van der Waals surface area contributed by atoms with E-state index in [0.29, 0.717) is 30.8 Å². The zero-order valence-electron chi connectivity index (χ0n) is 10.6. The number of carbonyl (C=O) groups is 1. The molecular weight excluding hydrogens is 230 g/mol. The molecule has 0 saturated carbocycles. The van der Waals surface area contributed by atoms with Crippen molar-refractivity contribution in [1.29, 1.82) is 5.26 Å². The van der Waals surface area contributed by atoms with Crippen LogP contribution in [0.15, 0.2) is 18.2 Å². The minimum Gasteiger partial charge on any atom is -0.495 e. The van der Waals surface area contributed by atoms with Crippen LogP contribution in [0.3, 0.4) is 0 Å². The first-order valence-corrected chi connectivity index (χ1v) is 5.80. The molecule has 0 aliphatic heterocycles. The van der Waals surface area contributed by atoms with Gasteiger partial charge < -0.3 is 15.4 Å². The van der Waals surface area contributed by atoms with Crippen molar-refractivity contribution in [3.05, 3.63) is 23.8 Å². The molecule has 5 heteroatoms. The predicted octanol–water partition coefficient (Wildman–Crippen LogP) is 1.50. The third kappa shape index (κ3) is 3.98. The second-order valence-corrected chi connectivity index (χ2v) is 3.66. The van der Waals surface area contributed by atoms with Crippen LogP contribution in [0.4, 0.5) is 5.69 Å². The van der Waals surface area contributed by atoms with Crippen LogP contribution in [-0.2, 0) is 4.79 Å². The fraction of sp³-hybridized carbons (Fsp3) is 0.385. The Morgan fingerprint density at radius 3 is 2.89 bits per heavy atom. The SMILES string of the molecule is CCNC(=O)CCNc1ccc(C#N)cc1OC. The van der Waals surface area contributed by atoms with Gasteiger partial charge in [-0.15, -0.1) is 0 Å². The molecule has 18 heavy (non-hydrogen) atoms. The van der Waals surface area contributed by atoms with E-state index >= 15 is 0 Å². The van der Waals surface area contributed by atoms with Crippen LogP contribution in [0.1, 0.15) is 18.9 Å². The van der Waals surface area contributed by atoms with E-state index in [2.05, 4.69) is 10.6 Å². The number of nitriles is 1. The van der Waals surface area contributed by atoms with Gasteiger partial charge in [0, 0.05) is 25.6 Å². The van der Waals surface area contributed by atoms with Gasteiger partial charge in [0.05, 0.1) is 24.4 Å². The number of benzene rings is 1. The Kier molecular flexibility index (Phi) is 5.52. The molecule has 0 radical (unpaired) electrons. The molecule has 0 spiro atoms. The number of anilines is 1. The highest BCUT2D eigenvalue weighted by molar-refractivity contribution is 5.76. The van der Waals surface area contributed by atoms with Gasteiger partial charge in [0.1, 0.15) is 5.75 Å². The van der Waals surface area contributed by atoms with Crippen molar-refractivity contribution in [2.24, 2.45) is 0 Å². The summed E-state index contributed by atoms with van der Waals surface area (Å²) in [6.07, 6.45) is 0.400. The lowest BCUT2D eigenvalue weighted by Gasteiger charge is -2.11. The standard InChI is InChI=1S/C13H17N3O2/c1-3-15-13(17)6-7-16-11-5-4-10(9-14)8-12(11)18-2/h4-5,8,16H,3,6-7H2,1-2H3,(H,15,17). The zero-order chi connectivity index (χ0) is 13.4. The van der Waals surface area contributed by atoms with Gasteiger partial charge in [0.15, 0.2) is 0 Å². The van der Waals surface area contributed by atoms with E-state index in [1.807, 2.05) is 13.0 Å². The van der Waals surface area contributed by atoms with Crippen molar-refractivity contribution in [1.82, 2.24) is 5.32 Å². The molecule has 96 valence electrons. The smallest absolute Gasteiger partial charge is 0.221 e. The highest BCUT2D eigenvalue weighted by atomic mass is 16.5. The number of hydrogen-bond donors (Lipinski definition) is 2. The fourth-order valence-corrected chi connectivity index (χ4v) is 1.50. The van der Waals surface area contributed by atoms with E-state index in [1.54, 1.807) is 25.3 Å². The summed E-state index contributed by atoms with van der Waals surface area (Å²) in [5.74, 6) is 0.613. The van der Waals surface area contributed by atoms with Gasteiger partial charge in [-0.25, -0.2) is 0 Å². The Hall–Kier alpha value is -2.22.